The number of hydrogen-bond donors (Lipinski definition) is 3. The van der Waals surface area contributed by atoms with Crippen LogP contribution >= 0.6 is 0 Å². The number of nitrogens with one attached hydrogen (secondary N) is 2. The summed E-state index contributed by atoms with van der Waals surface area (Å²) in [7, 11) is -3.64. The van der Waals surface area contributed by atoms with Gasteiger partial charge in [-0.1, -0.05) is 18.2 Å². The molecule has 0 radical (unpaired) electrons. The van der Waals surface area contributed by atoms with Gasteiger partial charge in [0, 0.05) is 6.54 Å². The van der Waals surface area contributed by atoms with E-state index in [1.807, 2.05) is 0 Å². The van der Waals surface area contributed by atoms with Crippen molar-refractivity contribution in [2.75, 3.05) is 6.54 Å². The molecule has 7 nitrogen and oxygen atoms in total. The van der Waals surface area contributed by atoms with E-state index < -0.39 is 16.0 Å². The molecular formula is C13H15N3O4S. The van der Waals surface area contributed by atoms with E-state index in [0.29, 0.717) is 17.7 Å². The lowest BCUT2D eigenvalue weighted by atomic mass is 10.1. The number of rotatable bonds is 6. The Morgan fingerprint density at radius 2 is 2.10 bits per heavy atom. The Balaban J connectivity index is 2.06. The third kappa shape index (κ3) is 3.47. The van der Waals surface area contributed by atoms with Gasteiger partial charge in [0.1, 0.15) is 4.90 Å². The monoisotopic (exact) mass is 309 g/mol. The Morgan fingerprint density at radius 3 is 2.71 bits per heavy atom. The molecule has 0 amide bonds. The zero-order valence-electron chi connectivity index (χ0n) is 11.3. The van der Waals surface area contributed by atoms with Gasteiger partial charge < -0.3 is 5.11 Å². The molecule has 112 valence electrons. The van der Waals surface area contributed by atoms with Gasteiger partial charge in [0.05, 0.1) is 17.5 Å². The SMILES string of the molecule is Cc1[nH]ncc1S(=O)(=O)NCCc1ccccc1C(=O)O. The molecule has 0 atom stereocenters. The van der Waals surface area contributed by atoms with Crippen molar-refractivity contribution < 1.29 is 18.3 Å². The first-order valence-electron chi connectivity index (χ1n) is 6.22. The van der Waals surface area contributed by atoms with Gasteiger partial charge in [-0.3, -0.25) is 5.10 Å². The molecule has 21 heavy (non-hydrogen) atoms. The minimum absolute atomic E-state index is 0.0917. The number of carboxylic acids is 1. The quantitative estimate of drug-likeness (QED) is 0.735. The summed E-state index contributed by atoms with van der Waals surface area (Å²) in [6, 6.07) is 6.51. The summed E-state index contributed by atoms with van der Waals surface area (Å²) in [5, 5.41) is 15.3. The molecule has 0 spiro atoms. The summed E-state index contributed by atoms with van der Waals surface area (Å²) in [5.41, 5.74) is 1.21. The van der Waals surface area contributed by atoms with E-state index in [2.05, 4.69) is 14.9 Å². The molecule has 0 aliphatic carbocycles. The average Bonchev–Trinajstić information content (AvgIpc) is 2.86. The van der Waals surface area contributed by atoms with E-state index in [9.17, 15) is 13.2 Å². The smallest absolute Gasteiger partial charge is 0.335 e. The lowest BCUT2D eigenvalue weighted by Gasteiger charge is -2.08. The second kappa shape index (κ2) is 6.06. The molecule has 0 aliphatic rings. The first kappa shape index (κ1) is 15.2. The van der Waals surface area contributed by atoms with Gasteiger partial charge >= 0.3 is 5.97 Å². The Hall–Kier alpha value is -2.19. The number of nitrogens with zero attached hydrogens (tertiary/aromatic N) is 1. The van der Waals surface area contributed by atoms with E-state index >= 15 is 0 Å². The lowest BCUT2D eigenvalue weighted by Crippen LogP contribution is -2.26. The van der Waals surface area contributed by atoms with Crippen molar-refractivity contribution in [2.24, 2.45) is 0 Å². The van der Waals surface area contributed by atoms with Gasteiger partial charge in [-0.2, -0.15) is 5.10 Å². The molecule has 8 heteroatoms. The topological polar surface area (TPSA) is 112 Å². The molecular weight excluding hydrogens is 294 g/mol. The van der Waals surface area contributed by atoms with Crippen molar-refractivity contribution in [3.05, 3.63) is 47.3 Å². The summed E-state index contributed by atoms with van der Waals surface area (Å²) >= 11 is 0. The Morgan fingerprint density at radius 1 is 1.38 bits per heavy atom. The fraction of sp³-hybridized carbons (Fsp3) is 0.231. The van der Waals surface area contributed by atoms with Crippen LogP contribution in [0.15, 0.2) is 35.4 Å². The highest BCUT2D eigenvalue weighted by Gasteiger charge is 2.18. The number of carbonyl (C=O) groups is 1. The van der Waals surface area contributed by atoms with Crippen LogP contribution in [-0.2, 0) is 16.4 Å². The highest BCUT2D eigenvalue weighted by Crippen LogP contribution is 2.12. The fourth-order valence-corrected chi connectivity index (χ4v) is 3.12. The lowest BCUT2D eigenvalue weighted by molar-refractivity contribution is 0.0695. The molecule has 0 saturated heterocycles. The maximum absolute atomic E-state index is 12.0. The molecule has 0 saturated carbocycles. The molecule has 2 rings (SSSR count). The minimum atomic E-state index is -3.64. The predicted octanol–water partition coefficient (Wildman–Crippen LogP) is 0.937. The molecule has 3 N–H and O–H groups in total. The first-order chi connectivity index (χ1) is 9.92. The van der Waals surface area contributed by atoms with Gasteiger partial charge in [0.25, 0.3) is 0 Å². The standard InChI is InChI=1S/C13H15N3O4S/c1-9-12(8-14-16-9)21(19,20)15-7-6-10-4-2-3-5-11(10)13(17)18/h2-5,8,15H,6-7H2,1H3,(H,14,16)(H,17,18). The van der Waals surface area contributed by atoms with Crippen LogP contribution in [0.4, 0.5) is 0 Å². The van der Waals surface area contributed by atoms with E-state index in [-0.39, 0.29) is 17.0 Å². The van der Waals surface area contributed by atoms with Gasteiger partial charge in [-0.15, -0.1) is 0 Å². The Labute approximate surface area is 122 Å². The molecule has 1 aromatic carbocycles. The summed E-state index contributed by atoms with van der Waals surface area (Å²) in [6.45, 7) is 1.72. The number of carboxylic acid groups (broad SMARTS) is 1. The highest BCUT2D eigenvalue weighted by molar-refractivity contribution is 7.89. The number of aromatic carboxylic acids is 1. The second-order valence-electron chi connectivity index (χ2n) is 4.47. The molecule has 1 heterocycles. The van der Waals surface area contributed by atoms with E-state index in [1.54, 1.807) is 25.1 Å². The molecule has 0 unspecified atom stereocenters. The van der Waals surface area contributed by atoms with Crippen molar-refractivity contribution in [1.82, 2.24) is 14.9 Å². The van der Waals surface area contributed by atoms with Crippen LogP contribution in [-0.4, -0.2) is 36.2 Å². The minimum Gasteiger partial charge on any atom is -0.478 e. The second-order valence-corrected chi connectivity index (χ2v) is 6.20. The first-order valence-corrected chi connectivity index (χ1v) is 7.71. The van der Waals surface area contributed by atoms with Crippen LogP contribution in [0.3, 0.4) is 0 Å². The Kier molecular flexibility index (Phi) is 4.39. The van der Waals surface area contributed by atoms with Gasteiger partial charge in [0.15, 0.2) is 0 Å². The number of aryl methyl sites for hydroxylation is 1. The molecule has 0 bridgehead atoms. The fourth-order valence-electron chi connectivity index (χ4n) is 1.96. The summed E-state index contributed by atoms with van der Waals surface area (Å²) in [4.78, 5) is 11.2. The van der Waals surface area contributed by atoms with Crippen LogP contribution in [0.1, 0.15) is 21.6 Å². The van der Waals surface area contributed by atoms with Crippen molar-refractivity contribution in [3.63, 3.8) is 0 Å². The number of aromatic nitrogens is 2. The largest absolute Gasteiger partial charge is 0.478 e. The van der Waals surface area contributed by atoms with Crippen molar-refractivity contribution in [3.8, 4) is 0 Å². The maximum Gasteiger partial charge on any atom is 0.335 e. The number of aromatic amines is 1. The molecule has 2 aromatic rings. The third-order valence-corrected chi connectivity index (χ3v) is 4.58. The number of hydrogen-bond acceptors (Lipinski definition) is 4. The van der Waals surface area contributed by atoms with E-state index in [0.717, 1.165) is 0 Å². The molecule has 0 fully saturated rings. The summed E-state index contributed by atoms with van der Waals surface area (Å²) in [6.07, 6.45) is 1.53. The summed E-state index contributed by atoms with van der Waals surface area (Å²) < 4.78 is 26.5. The van der Waals surface area contributed by atoms with E-state index in [4.69, 9.17) is 5.11 Å². The third-order valence-electron chi connectivity index (χ3n) is 3.01. The number of H-pyrrole nitrogens is 1. The van der Waals surface area contributed by atoms with Crippen molar-refractivity contribution >= 4 is 16.0 Å². The molecule has 0 aliphatic heterocycles. The summed E-state index contributed by atoms with van der Waals surface area (Å²) in [5.74, 6) is -1.03. The normalized spacial score (nSPS) is 11.5. The van der Waals surface area contributed by atoms with Crippen LogP contribution in [0.2, 0.25) is 0 Å². The number of sulfonamides is 1. The maximum atomic E-state index is 12.0. The average molecular weight is 309 g/mol. The number of benzene rings is 1. The molecule has 1 aromatic heterocycles. The zero-order chi connectivity index (χ0) is 15.5. The highest BCUT2D eigenvalue weighted by atomic mass is 32.2. The van der Waals surface area contributed by atoms with E-state index in [1.165, 1.54) is 12.3 Å². The van der Waals surface area contributed by atoms with Crippen LogP contribution in [0.5, 0.6) is 0 Å². The van der Waals surface area contributed by atoms with Gasteiger partial charge in [-0.05, 0) is 25.0 Å². The van der Waals surface area contributed by atoms with Gasteiger partial charge in [-0.25, -0.2) is 17.9 Å². The van der Waals surface area contributed by atoms with Crippen molar-refractivity contribution in [1.29, 1.82) is 0 Å². The van der Waals surface area contributed by atoms with Crippen LogP contribution < -0.4 is 4.72 Å². The Bertz CT molecular complexity index is 752. The van der Waals surface area contributed by atoms with Gasteiger partial charge in [0.2, 0.25) is 10.0 Å². The predicted molar refractivity (Wildman–Crippen MR) is 75.6 cm³/mol. The van der Waals surface area contributed by atoms with Crippen LogP contribution in [0, 0.1) is 6.92 Å². The zero-order valence-corrected chi connectivity index (χ0v) is 12.1. The van der Waals surface area contributed by atoms with Crippen LogP contribution in [0.25, 0.3) is 0 Å². The van der Waals surface area contributed by atoms with Crippen molar-refractivity contribution in [2.45, 2.75) is 18.2 Å².